The quantitative estimate of drug-likeness (QED) is 0.771. The molecular formula is C15H16O6. The molecule has 0 unspecified atom stereocenters. The lowest BCUT2D eigenvalue weighted by molar-refractivity contribution is -0.205. The highest BCUT2D eigenvalue weighted by Crippen LogP contribution is 2.41. The van der Waals surface area contributed by atoms with Crippen LogP contribution in [0.2, 0.25) is 0 Å². The number of methoxy groups -OCH3 is 1. The smallest absolute Gasteiger partial charge is 0.338 e. The highest BCUT2D eigenvalue weighted by Gasteiger charge is 2.55. The maximum absolute atomic E-state index is 12.5. The maximum Gasteiger partial charge on any atom is 0.338 e. The van der Waals surface area contributed by atoms with Crippen molar-refractivity contribution in [3.8, 4) is 0 Å². The van der Waals surface area contributed by atoms with E-state index in [1.54, 1.807) is 38.1 Å². The maximum atomic E-state index is 12.5. The molecular weight excluding hydrogens is 276 g/mol. The van der Waals surface area contributed by atoms with E-state index in [0.717, 1.165) is 0 Å². The molecule has 6 nitrogen and oxygen atoms in total. The van der Waals surface area contributed by atoms with Gasteiger partial charge in [0.25, 0.3) is 0 Å². The second kappa shape index (κ2) is 4.91. The van der Waals surface area contributed by atoms with Gasteiger partial charge in [-0.25, -0.2) is 4.79 Å². The number of hydrogen-bond acceptors (Lipinski definition) is 6. The fourth-order valence-corrected chi connectivity index (χ4v) is 2.62. The third-order valence-electron chi connectivity index (χ3n) is 3.52. The van der Waals surface area contributed by atoms with Crippen LogP contribution in [0, 0.1) is 0 Å². The zero-order valence-electron chi connectivity index (χ0n) is 12.0. The van der Waals surface area contributed by atoms with E-state index in [2.05, 4.69) is 0 Å². The summed E-state index contributed by atoms with van der Waals surface area (Å²) >= 11 is 0. The van der Waals surface area contributed by atoms with Crippen molar-refractivity contribution in [3.05, 3.63) is 35.4 Å². The number of fused-ring (bicyclic) bond motifs is 1. The van der Waals surface area contributed by atoms with E-state index in [1.165, 1.54) is 7.11 Å². The molecule has 2 aliphatic heterocycles. The average Bonchev–Trinajstić information content (AvgIpc) is 2.92. The third kappa shape index (κ3) is 2.35. The fraction of sp³-hybridized carbons (Fsp3) is 0.467. The van der Waals surface area contributed by atoms with E-state index in [9.17, 15) is 9.59 Å². The summed E-state index contributed by atoms with van der Waals surface area (Å²) in [6, 6.07) is 6.70. The minimum Gasteiger partial charge on any atom is -0.465 e. The summed E-state index contributed by atoms with van der Waals surface area (Å²) in [5.41, 5.74) is 0.770. The molecule has 112 valence electrons. The highest BCUT2D eigenvalue weighted by atomic mass is 16.8. The van der Waals surface area contributed by atoms with Crippen LogP contribution in [0.15, 0.2) is 24.3 Å². The topological polar surface area (TPSA) is 71.1 Å². The lowest BCUT2D eigenvalue weighted by Crippen LogP contribution is -2.28. The number of carbonyl (C=O) groups is 2. The standard InChI is InChI=1S/C15H16O6/c1-15(2)20-12-10(16)11(19-14(12)21-15)8-6-4-5-7-9(8)13(17)18-3/h4-7,11-12,14H,1-3H3/t11-,12-,14-/m1/s1. The van der Waals surface area contributed by atoms with Gasteiger partial charge in [-0.1, -0.05) is 18.2 Å². The molecule has 21 heavy (non-hydrogen) atoms. The Bertz CT molecular complexity index is 594. The van der Waals surface area contributed by atoms with Crippen molar-refractivity contribution >= 4 is 11.8 Å². The number of Topliss-reactive ketones (excluding diaryl/α,β-unsaturated/α-hetero) is 1. The molecule has 0 aliphatic carbocycles. The summed E-state index contributed by atoms with van der Waals surface area (Å²) in [6.07, 6.45) is -2.40. The van der Waals surface area contributed by atoms with Crippen molar-refractivity contribution in [2.24, 2.45) is 0 Å². The predicted octanol–water partition coefficient (Wildman–Crippen LogP) is 1.59. The summed E-state index contributed by atoms with van der Waals surface area (Å²) in [7, 11) is 1.29. The van der Waals surface area contributed by atoms with Gasteiger partial charge >= 0.3 is 5.97 Å². The first-order chi connectivity index (χ1) is 9.93. The van der Waals surface area contributed by atoms with Crippen LogP contribution in [0.3, 0.4) is 0 Å². The van der Waals surface area contributed by atoms with Gasteiger partial charge in [0.1, 0.15) is 6.10 Å². The number of ketones is 1. The summed E-state index contributed by atoms with van der Waals surface area (Å²) in [5, 5.41) is 0. The SMILES string of the molecule is COC(=O)c1ccccc1[C@H]1O[C@@H]2OC(C)(C)O[C@@H]2C1=O. The monoisotopic (exact) mass is 292 g/mol. The molecule has 0 aromatic heterocycles. The Kier molecular flexibility index (Phi) is 3.32. The first-order valence-electron chi connectivity index (χ1n) is 6.65. The Labute approximate surface area is 121 Å². The fourth-order valence-electron chi connectivity index (χ4n) is 2.62. The Hall–Kier alpha value is -1.76. The van der Waals surface area contributed by atoms with E-state index in [4.69, 9.17) is 18.9 Å². The molecule has 2 saturated heterocycles. The Balaban J connectivity index is 1.91. The van der Waals surface area contributed by atoms with Gasteiger partial charge in [0, 0.05) is 5.56 Å². The molecule has 0 N–H and O–H groups in total. The molecule has 2 fully saturated rings. The van der Waals surface area contributed by atoms with Crippen LogP contribution in [-0.2, 0) is 23.7 Å². The molecule has 0 radical (unpaired) electrons. The molecule has 0 saturated carbocycles. The Morgan fingerprint density at radius 2 is 1.95 bits per heavy atom. The highest BCUT2D eigenvalue weighted by molar-refractivity contribution is 5.96. The number of ether oxygens (including phenoxy) is 4. The zero-order valence-corrected chi connectivity index (χ0v) is 12.0. The second-order valence-corrected chi connectivity index (χ2v) is 5.42. The molecule has 0 bridgehead atoms. The molecule has 3 atom stereocenters. The molecule has 2 heterocycles. The normalized spacial score (nSPS) is 30.2. The van der Waals surface area contributed by atoms with Crippen LogP contribution in [0.1, 0.15) is 35.9 Å². The number of rotatable bonds is 2. The van der Waals surface area contributed by atoms with Crippen molar-refractivity contribution in [2.75, 3.05) is 7.11 Å². The molecule has 0 spiro atoms. The van der Waals surface area contributed by atoms with Gasteiger partial charge in [-0.2, -0.15) is 0 Å². The number of benzene rings is 1. The third-order valence-corrected chi connectivity index (χ3v) is 3.52. The second-order valence-electron chi connectivity index (χ2n) is 5.42. The van der Waals surface area contributed by atoms with E-state index >= 15 is 0 Å². The Morgan fingerprint density at radius 1 is 1.24 bits per heavy atom. The van der Waals surface area contributed by atoms with Crippen molar-refractivity contribution in [2.45, 2.75) is 38.1 Å². The molecule has 3 rings (SSSR count). The lowest BCUT2D eigenvalue weighted by atomic mass is 9.99. The minimum atomic E-state index is -0.883. The Morgan fingerprint density at radius 3 is 2.62 bits per heavy atom. The van der Waals surface area contributed by atoms with Crippen LogP contribution >= 0.6 is 0 Å². The molecule has 0 amide bonds. The van der Waals surface area contributed by atoms with Crippen molar-refractivity contribution in [3.63, 3.8) is 0 Å². The van der Waals surface area contributed by atoms with Crippen molar-refractivity contribution < 1.29 is 28.5 Å². The average molecular weight is 292 g/mol. The zero-order chi connectivity index (χ0) is 15.2. The summed E-state index contributed by atoms with van der Waals surface area (Å²) in [6.45, 7) is 3.44. The molecule has 2 aliphatic rings. The number of carbonyl (C=O) groups excluding carboxylic acids is 2. The van der Waals surface area contributed by atoms with Crippen LogP contribution in [0.25, 0.3) is 0 Å². The van der Waals surface area contributed by atoms with Gasteiger partial charge < -0.3 is 18.9 Å². The van der Waals surface area contributed by atoms with Gasteiger partial charge in [-0.15, -0.1) is 0 Å². The summed E-state index contributed by atoms with van der Waals surface area (Å²) < 4.78 is 21.5. The van der Waals surface area contributed by atoms with Crippen LogP contribution in [-0.4, -0.2) is 37.0 Å². The van der Waals surface area contributed by atoms with Gasteiger partial charge in [-0.05, 0) is 19.9 Å². The van der Waals surface area contributed by atoms with Crippen molar-refractivity contribution in [1.29, 1.82) is 0 Å². The van der Waals surface area contributed by atoms with E-state index in [1.807, 2.05) is 0 Å². The summed E-state index contributed by atoms with van der Waals surface area (Å²) in [4.78, 5) is 24.3. The van der Waals surface area contributed by atoms with E-state index in [-0.39, 0.29) is 5.78 Å². The largest absolute Gasteiger partial charge is 0.465 e. The molecule has 1 aromatic carbocycles. The van der Waals surface area contributed by atoms with Crippen molar-refractivity contribution in [1.82, 2.24) is 0 Å². The van der Waals surface area contributed by atoms with Gasteiger partial charge in [0.15, 0.2) is 24.0 Å². The molecule has 1 aromatic rings. The van der Waals surface area contributed by atoms with E-state index < -0.39 is 30.3 Å². The predicted molar refractivity (Wildman–Crippen MR) is 70.4 cm³/mol. The first-order valence-corrected chi connectivity index (χ1v) is 6.65. The minimum absolute atomic E-state index is 0.248. The lowest BCUT2D eigenvalue weighted by Gasteiger charge is -2.20. The van der Waals surface area contributed by atoms with Crippen LogP contribution in [0.5, 0.6) is 0 Å². The number of hydrogen-bond donors (Lipinski definition) is 0. The van der Waals surface area contributed by atoms with Crippen LogP contribution < -0.4 is 0 Å². The van der Waals surface area contributed by atoms with Gasteiger partial charge in [0.05, 0.1) is 12.7 Å². The number of esters is 1. The summed E-state index contributed by atoms with van der Waals surface area (Å²) in [5.74, 6) is -1.61. The van der Waals surface area contributed by atoms with Crippen LogP contribution in [0.4, 0.5) is 0 Å². The first kappa shape index (κ1) is 14.2. The van der Waals surface area contributed by atoms with Gasteiger partial charge in [-0.3, -0.25) is 4.79 Å². The molecule has 6 heteroatoms. The van der Waals surface area contributed by atoms with Gasteiger partial charge in [0.2, 0.25) is 0 Å². The van der Waals surface area contributed by atoms with E-state index in [0.29, 0.717) is 11.1 Å².